The highest BCUT2D eigenvalue weighted by atomic mass is 14.9. The van der Waals surface area contributed by atoms with Gasteiger partial charge < -0.3 is 5.32 Å². The minimum Gasteiger partial charge on any atom is -0.314 e. The second kappa shape index (κ2) is 6.44. The number of nitrogens with one attached hydrogen (secondary N) is 1. The fourth-order valence-corrected chi connectivity index (χ4v) is 2.78. The molecule has 1 saturated carbocycles. The number of hydrogen-bond acceptors (Lipinski definition) is 1. The molecule has 1 nitrogen and oxygen atoms in total. The zero-order valence-electron chi connectivity index (χ0n) is 10.2. The van der Waals surface area contributed by atoms with Crippen LogP contribution < -0.4 is 5.32 Å². The Labute approximate surface area is 89.7 Å². The summed E-state index contributed by atoms with van der Waals surface area (Å²) in [5, 5.41) is 3.72. The standard InChI is InChI=1S/C13H27N/c1-4-9-14-13-8-7-11(5-2)10-12(13)6-3/h11-14H,4-10H2,1-3H3. The molecule has 0 radical (unpaired) electrons. The molecular weight excluding hydrogens is 170 g/mol. The van der Waals surface area contributed by atoms with Crippen LogP contribution in [0, 0.1) is 11.8 Å². The lowest BCUT2D eigenvalue weighted by Gasteiger charge is -2.36. The van der Waals surface area contributed by atoms with E-state index in [4.69, 9.17) is 0 Å². The van der Waals surface area contributed by atoms with Gasteiger partial charge in [0.15, 0.2) is 0 Å². The average Bonchev–Trinajstić information content (AvgIpc) is 2.26. The highest BCUT2D eigenvalue weighted by Gasteiger charge is 2.27. The van der Waals surface area contributed by atoms with Crippen molar-refractivity contribution in [2.24, 2.45) is 11.8 Å². The maximum absolute atomic E-state index is 3.72. The van der Waals surface area contributed by atoms with Crippen molar-refractivity contribution in [3.63, 3.8) is 0 Å². The molecule has 84 valence electrons. The zero-order valence-corrected chi connectivity index (χ0v) is 10.2. The molecule has 1 N–H and O–H groups in total. The van der Waals surface area contributed by atoms with Gasteiger partial charge in [-0.3, -0.25) is 0 Å². The van der Waals surface area contributed by atoms with E-state index in [1.165, 1.54) is 45.1 Å². The smallest absolute Gasteiger partial charge is 0.00954 e. The minimum atomic E-state index is 0.822. The van der Waals surface area contributed by atoms with Crippen molar-refractivity contribution >= 4 is 0 Å². The van der Waals surface area contributed by atoms with Crippen LogP contribution in [0.3, 0.4) is 0 Å². The van der Waals surface area contributed by atoms with Gasteiger partial charge in [0.1, 0.15) is 0 Å². The Morgan fingerprint density at radius 1 is 1.07 bits per heavy atom. The molecule has 0 aliphatic heterocycles. The molecule has 1 fully saturated rings. The van der Waals surface area contributed by atoms with Crippen LogP contribution in [-0.2, 0) is 0 Å². The predicted octanol–water partition coefficient (Wildman–Crippen LogP) is 3.59. The summed E-state index contributed by atoms with van der Waals surface area (Å²) in [6, 6.07) is 0.822. The van der Waals surface area contributed by atoms with Crippen LogP contribution in [0.25, 0.3) is 0 Å². The molecule has 1 aliphatic carbocycles. The van der Waals surface area contributed by atoms with Crippen LogP contribution in [0.1, 0.15) is 59.3 Å². The molecule has 0 aromatic rings. The summed E-state index contributed by atoms with van der Waals surface area (Å²) >= 11 is 0. The van der Waals surface area contributed by atoms with Gasteiger partial charge in [0.2, 0.25) is 0 Å². The lowest BCUT2D eigenvalue weighted by Crippen LogP contribution is -2.40. The van der Waals surface area contributed by atoms with E-state index in [-0.39, 0.29) is 0 Å². The Morgan fingerprint density at radius 3 is 2.43 bits per heavy atom. The third kappa shape index (κ3) is 3.27. The molecule has 0 saturated heterocycles. The molecule has 14 heavy (non-hydrogen) atoms. The highest BCUT2D eigenvalue weighted by molar-refractivity contribution is 4.83. The van der Waals surface area contributed by atoms with Gasteiger partial charge in [-0.2, -0.15) is 0 Å². The van der Waals surface area contributed by atoms with Crippen LogP contribution in [0.2, 0.25) is 0 Å². The SMILES string of the molecule is CCCNC1CCC(CC)CC1CC. The summed E-state index contributed by atoms with van der Waals surface area (Å²) in [7, 11) is 0. The molecule has 0 amide bonds. The molecular formula is C13H27N. The summed E-state index contributed by atoms with van der Waals surface area (Å²) in [5.41, 5.74) is 0. The Bertz CT molecular complexity index is 144. The second-order valence-electron chi connectivity index (χ2n) is 4.82. The van der Waals surface area contributed by atoms with Crippen molar-refractivity contribution in [2.45, 2.75) is 65.3 Å². The first kappa shape index (κ1) is 12.0. The Kier molecular flexibility index (Phi) is 5.54. The van der Waals surface area contributed by atoms with Gasteiger partial charge in [-0.25, -0.2) is 0 Å². The molecule has 0 spiro atoms. The maximum atomic E-state index is 3.72. The molecule has 0 heterocycles. The summed E-state index contributed by atoms with van der Waals surface area (Å²) in [6.07, 6.45) is 8.35. The molecule has 0 bridgehead atoms. The van der Waals surface area contributed by atoms with E-state index in [1.54, 1.807) is 0 Å². The first-order valence-electron chi connectivity index (χ1n) is 6.55. The zero-order chi connectivity index (χ0) is 10.4. The number of rotatable bonds is 5. The van der Waals surface area contributed by atoms with Gasteiger partial charge in [-0.15, -0.1) is 0 Å². The third-order valence-corrected chi connectivity index (χ3v) is 3.85. The van der Waals surface area contributed by atoms with E-state index in [9.17, 15) is 0 Å². The Balaban J connectivity index is 2.35. The van der Waals surface area contributed by atoms with E-state index in [2.05, 4.69) is 26.1 Å². The van der Waals surface area contributed by atoms with Crippen LogP contribution in [0.4, 0.5) is 0 Å². The number of hydrogen-bond donors (Lipinski definition) is 1. The van der Waals surface area contributed by atoms with Crippen LogP contribution in [0.5, 0.6) is 0 Å². The molecule has 1 rings (SSSR count). The lowest BCUT2D eigenvalue weighted by molar-refractivity contribution is 0.194. The van der Waals surface area contributed by atoms with Crippen LogP contribution in [0.15, 0.2) is 0 Å². The van der Waals surface area contributed by atoms with Crippen molar-refractivity contribution in [1.82, 2.24) is 5.32 Å². The van der Waals surface area contributed by atoms with E-state index in [1.807, 2.05) is 0 Å². The fourth-order valence-electron chi connectivity index (χ4n) is 2.78. The highest BCUT2D eigenvalue weighted by Crippen LogP contribution is 2.32. The lowest BCUT2D eigenvalue weighted by atomic mass is 9.76. The summed E-state index contributed by atoms with van der Waals surface area (Å²) in [6.45, 7) is 8.16. The van der Waals surface area contributed by atoms with Crippen molar-refractivity contribution < 1.29 is 0 Å². The van der Waals surface area contributed by atoms with Crippen LogP contribution >= 0.6 is 0 Å². The molecule has 3 unspecified atom stereocenters. The average molecular weight is 197 g/mol. The van der Waals surface area contributed by atoms with Gasteiger partial charge in [-0.1, -0.05) is 33.6 Å². The van der Waals surface area contributed by atoms with Gasteiger partial charge in [0.25, 0.3) is 0 Å². The fraction of sp³-hybridized carbons (Fsp3) is 1.00. The molecule has 3 atom stereocenters. The first-order chi connectivity index (χ1) is 6.81. The van der Waals surface area contributed by atoms with Gasteiger partial charge in [0, 0.05) is 6.04 Å². The third-order valence-electron chi connectivity index (χ3n) is 3.85. The minimum absolute atomic E-state index is 0.822. The van der Waals surface area contributed by atoms with E-state index >= 15 is 0 Å². The second-order valence-corrected chi connectivity index (χ2v) is 4.82. The van der Waals surface area contributed by atoms with Crippen LogP contribution in [-0.4, -0.2) is 12.6 Å². The van der Waals surface area contributed by atoms with Crippen molar-refractivity contribution in [2.75, 3.05) is 6.54 Å². The summed E-state index contributed by atoms with van der Waals surface area (Å²) < 4.78 is 0. The quantitative estimate of drug-likeness (QED) is 0.710. The molecule has 1 heteroatoms. The van der Waals surface area contributed by atoms with Gasteiger partial charge in [-0.05, 0) is 44.1 Å². The molecule has 0 aromatic heterocycles. The Hall–Kier alpha value is -0.0400. The van der Waals surface area contributed by atoms with E-state index < -0.39 is 0 Å². The Morgan fingerprint density at radius 2 is 1.86 bits per heavy atom. The normalized spacial score (nSPS) is 33.2. The maximum Gasteiger partial charge on any atom is 0.00954 e. The summed E-state index contributed by atoms with van der Waals surface area (Å²) in [4.78, 5) is 0. The largest absolute Gasteiger partial charge is 0.314 e. The molecule has 0 aromatic carbocycles. The van der Waals surface area contributed by atoms with Gasteiger partial charge in [0.05, 0.1) is 0 Å². The predicted molar refractivity (Wildman–Crippen MR) is 63.5 cm³/mol. The van der Waals surface area contributed by atoms with Crippen molar-refractivity contribution in [3.05, 3.63) is 0 Å². The first-order valence-corrected chi connectivity index (χ1v) is 6.55. The van der Waals surface area contributed by atoms with Crippen molar-refractivity contribution in [3.8, 4) is 0 Å². The molecule has 1 aliphatic rings. The monoisotopic (exact) mass is 197 g/mol. The van der Waals surface area contributed by atoms with Crippen molar-refractivity contribution in [1.29, 1.82) is 0 Å². The summed E-state index contributed by atoms with van der Waals surface area (Å²) in [5.74, 6) is 1.96. The topological polar surface area (TPSA) is 12.0 Å². The van der Waals surface area contributed by atoms with E-state index in [0.717, 1.165) is 17.9 Å². The van der Waals surface area contributed by atoms with E-state index in [0.29, 0.717) is 0 Å². The van der Waals surface area contributed by atoms with Gasteiger partial charge >= 0.3 is 0 Å².